The van der Waals surface area contributed by atoms with Crippen molar-refractivity contribution in [3.05, 3.63) is 39.9 Å². The number of nitro benzene ring substituents is 1. The molecule has 1 aliphatic heterocycles. The number of carbonyl (C=O) groups is 1. The number of nitro groups is 1. The van der Waals surface area contributed by atoms with Crippen LogP contribution in [0.2, 0.25) is 0 Å². The SMILES string of the molecule is O=C(O)OC1CCOC1c1ccc([N+](=O)[O-])cc1. The molecule has 2 rings (SSSR count). The number of benzene rings is 1. The highest BCUT2D eigenvalue weighted by Crippen LogP contribution is 2.32. The Kier molecular flexibility index (Phi) is 3.42. The standard InChI is InChI=1S/C11H11NO6/c13-11(14)18-9-5-6-17-10(9)7-1-3-8(4-2-7)12(15)16/h1-4,9-10H,5-6H2,(H,13,14). The number of hydrogen-bond acceptors (Lipinski definition) is 5. The molecule has 0 aliphatic carbocycles. The van der Waals surface area contributed by atoms with Crippen molar-refractivity contribution in [2.75, 3.05) is 6.61 Å². The van der Waals surface area contributed by atoms with Crippen molar-refractivity contribution < 1.29 is 24.3 Å². The molecule has 0 amide bonds. The Morgan fingerprint density at radius 2 is 2.11 bits per heavy atom. The van der Waals surface area contributed by atoms with Gasteiger partial charge in [-0.15, -0.1) is 0 Å². The Bertz CT molecular complexity index is 457. The van der Waals surface area contributed by atoms with Crippen molar-refractivity contribution in [3.8, 4) is 0 Å². The van der Waals surface area contributed by atoms with E-state index in [9.17, 15) is 14.9 Å². The van der Waals surface area contributed by atoms with Gasteiger partial charge in [0.25, 0.3) is 5.69 Å². The van der Waals surface area contributed by atoms with E-state index in [1.165, 1.54) is 12.1 Å². The Morgan fingerprint density at radius 3 is 2.67 bits per heavy atom. The van der Waals surface area contributed by atoms with Crippen molar-refractivity contribution in [1.29, 1.82) is 0 Å². The van der Waals surface area contributed by atoms with Crippen LogP contribution in [0.5, 0.6) is 0 Å². The van der Waals surface area contributed by atoms with E-state index >= 15 is 0 Å². The molecule has 0 spiro atoms. The summed E-state index contributed by atoms with van der Waals surface area (Å²) in [7, 11) is 0. The molecule has 0 saturated carbocycles. The summed E-state index contributed by atoms with van der Waals surface area (Å²) in [4.78, 5) is 20.5. The number of carboxylic acid groups (broad SMARTS) is 1. The predicted octanol–water partition coefficient (Wildman–Crippen LogP) is 2.12. The molecule has 7 nitrogen and oxygen atoms in total. The van der Waals surface area contributed by atoms with Gasteiger partial charge in [0.15, 0.2) is 0 Å². The maximum absolute atomic E-state index is 10.5. The third-order valence-corrected chi connectivity index (χ3v) is 2.72. The first-order chi connectivity index (χ1) is 8.58. The van der Waals surface area contributed by atoms with Gasteiger partial charge in [-0.05, 0) is 17.7 Å². The summed E-state index contributed by atoms with van der Waals surface area (Å²) in [6, 6.07) is 5.81. The largest absolute Gasteiger partial charge is 0.506 e. The lowest BCUT2D eigenvalue weighted by Crippen LogP contribution is -2.20. The summed E-state index contributed by atoms with van der Waals surface area (Å²) < 4.78 is 10.1. The third-order valence-electron chi connectivity index (χ3n) is 2.72. The van der Waals surface area contributed by atoms with Crippen LogP contribution in [0.4, 0.5) is 10.5 Å². The van der Waals surface area contributed by atoms with Gasteiger partial charge in [0.1, 0.15) is 12.2 Å². The molecule has 2 atom stereocenters. The molecule has 0 aromatic heterocycles. The van der Waals surface area contributed by atoms with E-state index in [0.29, 0.717) is 18.6 Å². The van der Waals surface area contributed by atoms with Crippen LogP contribution >= 0.6 is 0 Å². The zero-order valence-corrected chi connectivity index (χ0v) is 9.31. The number of rotatable bonds is 3. The second-order valence-electron chi connectivity index (χ2n) is 3.85. The second kappa shape index (κ2) is 5.01. The molecule has 2 unspecified atom stereocenters. The van der Waals surface area contributed by atoms with Gasteiger partial charge in [-0.3, -0.25) is 10.1 Å². The minimum absolute atomic E-state index is 0.0209. The first kappa shape index (κ1) is 12.3. The van der Waals surface area contributed by atoms with E-state index in [2.05, 4.69) is 0 Å². The molecular formula is C11H11NO6. The Hall–Kier alpha value is -2.15. The number of non-ortho nitro benzene ring substituents is 1. The molecule has 1 aromatic rings. The Morgan fingerprint density at radius 1 is 1.44 bits per heavy atom. The van der Waals surface area contributed by atoms with Crippen molar-refractivity contribution in [3.63, 3.8) is 0 Å². The average molecular weight is 253 g/mol. The summed E-state index contributed by atoms with van der Waals surface area (Å²) >= 11 is 0. The Balaban J connectivity index is 2.14. The number of nitrogens with zero attached hydrogens (tertiary/aromatic N) is 1. The minimum Gasteiger partial charge on any atom is -0.450 e. The quantitative estimate of drug-likeness (QED) is 0.503. The lowest BCUT2D eigenvalue weighted by Gasteiger charge is -2.17. The van der Waals surface area contributed by atoms with Crippen molar-refractivity contribution in [1.82, 2.24) is 0 Å². The van der Waals surface area contributed by atoms with Gasteiger partial charge in [-0.2, -0.15) is 0 Å². The van der Waals surface area contributed by atoms with Crippen molar-refractivity contribution >= 4 is 11.8 Å². The molecule has 18 heavy (non-hydrogen) atoms. The highest BCUT2D eigenvalue weighted by molar-refractivity contribution is 5.57. The van der Waals surface area contributed by atoms with Crippen LogP contribution in [0.15, 0.2) is 24.3 Å². The van der Waals surface area contributed by atoms with Crippen LogP contribution in [0.1, 0.15) is 18.1 Å². The van der Waals surface area contributed by atoms with Gasteiger partial charge in [-0.1, -0.05) is 0 Å². The molecule has 1 fully saturated rings. The molecule has 0 bridgehead atoms. The number of hydrogen-bond donors (Lipinski definition) is 1. The zero-order chi connectivity index (χ0) is 13.1. The molecule has 1 saturated heterocycles. The summed E-state index contributed by atoms with van der Waals surface area (Å²) in [5.74, 6) is 0. The van der Waals surface area contributed by atoms with E-state index in [0.717, 1.165) is 0 Å². The van der Waals surface area contributed by atoms with Gasteiger partial charge in [0.2, 0.25) is 0 Å². The molecule has 0 radical (unpaired) electrons. The van der Waals surface area contributed by atoms with Crippen LogP contribution in [0, 0.1) is 10.1 Å². The fourth-order valence-corrected chi connectivity index (χ4v) is 1.92. The van der Waals surface area contributed by atoms with E-state index < -0.39 is 23.3 Å². The van der Waals surface area contributed by atoms with Crippen molar-refractivity contribution in [2.24, 2.45) is 0 Å². The maximum atomic E-state index is 10.5. The molecule has 1 aromatic carbocycles. The third kappa shape index (κ3) is 2.57. The maximum Gasteiger partial charge on any atom is 0.506 e. The fourth-order valence-electron chi connectivity index (χ4n) is 1.92. The summed E-state index contributed by atoms with van der Waals surface area (Å²) in [6.45, 7) is 0.402. The zero-order valence-electron chi connectivity index (χ0n) is 9.31. The van der Waals surface area contributed by atoms with Gasteiger partial charge in [0, 0.05) is 18.6 Å². The smallest absolute Gasteiger partial charge is 0.450 e. The highest BCUT2D eigenvalue weighted by atomic mass is 16.7. The topological polar surface area (TPSA) is 98.9 Å². The monoisotopic (exact) mass is 253 g/mol. The first-order valence-corrected chi connectivity index (χ1v) is 5.33. The second-order valence-corrected chi connectivity index (χ2v) is 3.85. The minimum atomic E-state index is -1.35. The number of ether oxygens (including phenoxy) is 2. The highest BCUT2D eigenvalue weighted by Gasteiger charge is 2.33. The van der Waals surface area contributed by atoms with Crippen LogP contribution in [-0.2, 0) is 9.47 Å². The van der Waals surface area contributed by atoms with Crippen LogP contribution in [0.3, 0.4) is 0 Å². The predicted molar refractivity (Wildman–Crippen MR) is 59.3 cm³/mol. The molecular weight excluding hydrogens is 242 g/mol. The van der Waals surface area contributed by atoms with Crippen molar-refractivity contribution in [2.45, 2.75) is 18.6 Å². The molecule has 1 aliphatic rings. The summed E-state index contributed by atoms with van der Waals surface area (Å²) in [5.41, 5.74) is 0.650. The van der Waals surface area contributed by atoms with Crippen LogP contribution in [0.25, 0.3) is 0 Å². The summed E-state index contributed by atoms with van der Waals surface area (Å²) in [6.07, 6.45) is -1.93. The lowest BCUT2D eigenvalue weighted by molar-refractivity contribution is -0.384. The van der Waals surface area contributed by atoms with E-state index in [-0.39, 0.29) is 5.69 Å². The molecule has 1 N–H and O–H groups in total. The van der Waals surface area contributed by atoms with Gasteiger partial charge >= 0.3 is 6.16 Å². The van der Waals surface area contributed by atoms with Crippen LogP contribution in [-0.4, -0.2) is 28.9 Å². The van der Waals surface area contributed by atoms with E-state index in [1.807, 2.05) is 0 Å². The van der Waals surface area contributed by atoms with Gasteiger partial charge in [-0.25, -0.2) is 4.79 Å². The van der Waals surface area contributed by atoms with E-state index in [1.54, 1.807) is 12.1 Å². The van der Waals surface area contributed by atoms with Gasteiger partial charge in [0.05, 0.1) is 11.5 Å². The summed E-state index contributed by atoms with van der Waals surface area (Å²) in [5, 5.41) is 19.1. The van der Waals surface area contributed by atoms with E-state index in [4.69, 9.17) is 14.6 Å². The Labute approximate surface area is 102 Å². The normalized spacial score (nSPS) is 22.7. The van der Waals surface area contributed by atoms with Crippen LogP contribution < -0.4 is 0 Å². The average Bonchev–Trinajstić information content (AvgIpc) is 2.76. The first-order valence-electron chi connectivity index (χ1n) is 5.33. The lowest BCUT2D eigenvalue weighted by atomic mass is 10.0. The fraction of sp³-hybridized carbons (Fsp3) is 0.364. The molecule has 96 valence electrons. The molecule has 1 heterocycles. The van der Waals surface area contributed by atoms with Gasteiger partial charge < -0.3 is 14.6 Å². The molecule has 7 heteroatoms.